The first kappa shape index (κ1) is 14.8. The zero-order valence-electron chi connectivity index (χ0n) is 12.1. The van der Waals surface area contributed by atoms with E-state index in [0.29, 0.717) is 30.0 Å². The lowest BCUT2D eigenvalue weighted by atomic mass is 10.1. The number of amides is 1. The summed E-state index contributed by atoms with van der Waals surface area (Å²) in [6.07, 6.45) is 4.31. The Morgan fingerprint density at radius 1 is 1.14 bits per heavy atom. The fraction of sp³-hybridized carbons (Fsp3) is 0.250. The molecule has 5 nitrogen and oxygen atoms in total. The van der Waals surface area contributed by atoms with Gasteiger partial charge in [-0.1, -0.05) is 0 Å². The van der Waals surface area contributed by atoms with Crippen LogP contribution in [0.4, 0.5) is 11.4 Å². The van der Waals surface area contributed by atoms with Gasteiger partial charge in [-0.3, -0.25) is 9.78 Å². The summed E-state index contributed by atoms with van der Waals surface area (Å²) < 4.78 is 0. The number of hydrogen-bond acceptors (Lipinski definition) is 4. The molecule has 21 heavy (non-hydrogen) atoms. The molecule has 0 atom stereocenters. The topological polar surface area (TPSA) is 85.2 Å². The summed E-state index contributed by atoms with van der Waals surface area (Å²) in [7, 11) is 0. The standard InChI is InChI=1S/C16H20N4O/c1-2-20(10-7-12-5-8-19-9-6-12)16(21)13-3-4-14(17)15(18)11-13/h3-6,8-9,11H,2,7,10,17-18H2,1H3. The predicted octanol–water partition coefficient (Wildman–Crippen LogP) is 1.95. The Morgan fingerprint density at radius 3 is 2.48 bits per heavy atom. The van der Waals surface area contributed by atoms with Crippen molar-refractivity contribution in [2.75, 3.05) is 24.6 Å². The first-order valence-electron chi connectivity index (χ1n) is 6.95. The lowest BCUT2D eigenvalue weighted by Crippen LogP contribution is -2.32. The molecule has 4 N–H and O–H groups in total. The van der Waals surface area contributed by atoms with Crippen molar-refractivity contribution in [3.05, 3.63) is 53.9 Å². The lowest BCUT2D eigenvalue weighted by molar-refractivity contribution is 0.0766. The summed E-state index contributed by atoms with van der Waals surface area (Å²) in [5, 5.41) is 0. The molecule has 1 aromatic carbocycles. The average molecular weight is 284 g/mol. The van der Waals surface area contributed by atoms with Crippen molar-refractivity contribution in [1.29, 1.82) is 0 Å². The summed E-state index contributed by atoms with van der Waals surface area (Å²) in [4.78, 5) is 18.3. The second kappa shape index (κ2) is 6.74. The summed E-state index contributed by atoms with van der Waals surface area (Å²) in [5.41, 5.74) is 14.1. The zero-order chi connectivity index (χ0) is 15.2. The third-order valence-corrected chi connectivity index (χ3v) is 3.42. The molecule has 0 spiro atoms. The Labute approximate surface area is 124 Å². The largest absolute Gasteiger partial charge is 0.397 e. The van der Waals surface area contributed by atoms with Gasteiger partial charge in [-0.25, -0.2) is 0 Å². The molecule has 0 aliphatic rings. The molecule has 0 aliphatic heterocycles. The fourth-order valence-electron chi connectivity index (χ4n) is 2.11. The molecule has 0 unspecified atom stereocenters. The third-order valence-electron chi connectivity index (χ3n) is 3.42. The van der Waals surface area contributed by atoms with Gasteiger partial charge in [0.05, 0.1) is 11.4 Å². The van der Waals surface area contributed by atoms with Crippen LogP contribution in [0.15, 0.2) is 42.7 Å². The highest BCUT2D eigenvalue weighted by Crippen LogP contribution is 2.17. The van der Waals surface area contributed by atoms with E-state index < -0.39 is 0 Å². The number of nitrogens with two attached hydrogens (primary N) is 2. The van der Waals surface area contributed by atoms with Crippen molar-refractivity contribution in [3.8, 4) is 0 Å². The second-order valence-electron chi connectivity index (χ2n) is 4.83. The number of anilines is 2. The number of benzene rings is 1. The van der Waals surface area contributed by atoms with Crippen LogP contribution in [0.1, 0.15) is 22.8 Å². The third kappa shape index (κ3) is 3.72. The van der Waals surface area contributed by atoms with Crippen LogP contribution in [-0.4, -0.2) is 28.9 Å². The molecule has 0 radical (unpaired) electrons. The monoisotopic (exact) mass is 284 g/mol. The highest BCUT2D eigenvalue weighted by molar-refractivity contribution is 5.96. The molecular formula is C16H20N4O. The van der Waals surface area contributed by atoms with Gasteiger partial charge in [0.2, 0.25) is 0 Å². The molecule has 110 valence electrons. The van der Waals surface area contributed by atoms with Gasteiger partial charge in [-0.05, 0) is 49.2 Å². The maximum absolute atomic E-state index is 12.5. The minimum absolute atomic E-state index is 0.0294. The first-order valence-corrected chi connectivity index (χ1v) is 6.95. The van der Waals surface area contributed by atoms with Crippen molar-refractivity contribution in [2.24, 2.45) is 0 Å². The maximum Gasteiger partial charge on any atom is 0.253 e. The van der Waals surface area contributed by atoms with Gasteiger partial charge < -0.3 is 16.4 Å². The SMILES string of the molecule is CCN(CCc1ccncc1)C(=O)c1ccc(N)c(N)c1. The molecule has 1 aromatic heterocycles. The molecule has 2 aromatic rings. The molecule has 0 aliphatic carbocycles. The number of likely N-dealkylation sites (N-methyl/N-ethyl adjacent to an activating group) is 1. The Morgan fingerprint density at radius 2 is 1.86 bits per heavy atom. The van der Waals surface area contributed by atoms with Gasteiger partial charge in [0.1, 0.15) is 0 Å². The minimum atomic E-state index is -0.0294. The van der Waals surface area contributed by atoms with Crippen LogP contribution < -0.4 is 11.5 Å². The van der Waals surface area contributed by atoms with E-state index in [0.717, 1.165) is 12.0 Å². The van der Waals surface area contributed by atoms with E-state index in [1.165, 1.54) is 0 Å². The van der Waals surface area contributed by atoms with Crippen molar-refractivity contribution in [3.63, 3.8) is 0 Å². The maximum atomic E-state index is 12.5. The quantitative estimate of drug-likeness (QED) is 0.822. The fourth-order valence-corrected chi connectivity index (χ4v) is 2.11. The van der Waals surface area contributed by atoms with Gasteiger partial charge in [0, 0.05) is 31.0 Å². The molecule has 0 saturated carbocycles. The predicted molar refractivity (Wildman–Crippen MR) is 84.8 cm³/mol. The highest BCUT2D eigenvalue weighted by atomic mass is 16.2. The van der Waals surface area contributed by atoms with E-state index in [-0.39, 0.29) is 5.91 Å². The van der Waals surface area contributed by atoms with Crippen LogP contribution in [0.5, 0.6) is 0 Å². The van der Waals surface area contributed by atoms with Crippen LogP contribution in [-0.2, 0) is 6.42 Å². The van der Waals surface area contributed by atoms with Crippen molar-refractivity contribution in [2.45, 2.75) is 13.3 Å². The molecule has 5 heteroatoms. The van der Waals surface area contributed by atoms with E-state index in [2.05, 4.69) is 4.98 Å². The minimum Gasteiger partial charge on any atom is -0.397 e. The van der Waals surface area contributed by atoms with Crippen molar-refractivity contribution in [1.82, 2.24) is 9.88 Å². The summed E-state index contributed by atoms with van der Waals surface area (Å²) in [6, 6.07) is 8.92. The molecule has 1 amide bonds. The molecule has 0 bridgehead atoms. The second-order valence-corrected chi connectivity index (χ2v) is 4.83. The highest BCUT2D eigenvalue weighted by Gasteiger charge is 2.14. The van der Waals surface area contributed by atoms with Crippen LogP contribution in [0.3, 0.4) is 0 Å². The molecule has 0 fully saturated rings. The smallest absolute Gasteiger partial charge is 0.253 e. The van der Waals surface area contributed by atoms with E-state index in [4.69, 9.17) is 11.5 Å². The van der Waals surface area contributed by atoms with Gasteiger partial charge in [-0.15, -0.1) is 0 Å². The van der Waals surface area contributed by atoms with Gasteiger partial charge >= 0.3 is 0 Å². The number of hydrogen-bond donors (Lipinski definition) is 2. The van der Waals surface area contributed by atoms with Crippen LogP contribution >= 0.6 is 0 Å². The van der Waals surface area contributed by atoms with Crippen LogP contribution in [0.25, 0.3) is 0 Å². The number of carbonyl (C=O) groups is 1. The molecule has 2 rings (SSSR count). The number of rotatable bonds is 5. The summed E-state index contributed by atoms with van der Waals surface area (Å²) in [6.45, 7) is 3.27. The van der Waals surface area contributed by atoms with Crippen LogP contribution in [0, 0.1) is 0 Å². The Hall–Kier alpha value is -2.56. The summed E-state index contributed by atoms with van der Waals surface area (Å²) in [5.74, 6) is -0.0294. The number of aromatic nitrogens is 1. The van der Waals surface area contributed by atoms with Gasteiger partial charge in [-0.2, -0.15) is 0 Å². The van der Waals surface area contributed by atoms with Crippen LogP contribution in [0.2, 0.25) is 0 Å². The van der Waals surface area contributed by atoms with Crippen molar-refractivity contribution < 1.29 is 4.79 Å². The van der Waals surface area contributed by atoms with E-state index in [1.54, 1.807) is 35.5 Å². The van der Waals surface area contributed by atoms with E-state index >= 15 is 0 Å². The first-order chi connectivity index (χ1) is 10.1. The van der Waals surface area contributed by atoms with Gasteiger partial charge in [0.15, 0.2) is 0 Å². The van der Waals surface area contributed by atoms with E-state index in [9.17, 15) is 4.79 Å². The molecule has 0 saturated heterocycles. The van der Waals surface area contributed by atoms with Crippen molar-refractivity contribution >= 4 is 17.3 Å². The van der Waals surface area contributed by atoms with Gasteiger partial charge in [0.25, 0.3) is 5.91 Å². The Kier molecular flexibility index (Phi) is 4.77. The Balaban J connectivity index is 2.06. The number of nitrogen functional groups attached to an aromatic ring is 2. The zero-order valence-corrected chi connectivity index (χ0v) is 12.1. The molecular weight excluding hydrogens is 264 g/mol. The number of carbonyl (C=O) groups excluding carboxylic acids is 1. The summed E-state index contributed by atoms with van der Waals surface area (Å²) >= 11 is 0. The normalized spacial score (nSPS) is 10.3. The Bertz CT molecular complexity index is 613. The molecule has 1 heterocycles. The number of nitrogens with zero attached hydrogens (tertiary/aromatic N) is 2. The van der Waals surface area contributed by atoms with E-state index in [1.807, 2.05) is 19.1 Å². The lowest BCUT2D eigenvalue weighted by Gasteiger charge is -2.21. The average Bonchev–Trinajstić information content (AvgIpc) is 2.51. The number of pyridine rings is 1.